The van der Waals surface area contributed by atoms with E-state index in [0.29, 0.717) is 43.0 Å². The quantitative estimate of drug-likeness (QED) is 0.329. The number of H-pyrrole nitrogens is 1. The number of aromatic amines is 1. The van der Waals surface area contributed by atoms with Gasteiger partial charge in [-0.25, -0.2) is 19.6 Å². The number of nitrogens with zero attached hydrogens (tertiary/aromatic N) is 7. The first kappa shape index (κ1) is 20.0. The van der Waals surface area contributed by atoms with Crippen LogP contribution in [-0.4, -0.2) is 72.5 Å². The third-order valence-corrected chi connectivity index (χ3v) is 6.12. The fourth-order valence-corrected chi connectivity index (χ4v) is 4.40. The molecule has 5 heterocycles. The third-order valence-electron chi connectivity index (χ3n) is 6.12. The van der Waals surface area contributed by atoms with Crippen molar-refractivity contribution in [2.45, 2.75) is 0 Å². The van der Waals surface area contributed by atoms with Crippen molar-refractivity contribution in [2.75, 3.05) is 31.1 Å². The molecule has 168 valence electrons. The summed E-state index contributed by atoms with van der Waals surface area (Å²) in [5, 5.41) is 6.39. The molecule has 1 aliphatic heterocycles. The number of hydrogen-bond donors (Lipinski definition) is 1. The number of carbonyl (C=O) groups excluding carboxylic acids is 2. The summed E-state index contributed by atoms with van der Waals surface area (Å²) in [5.74, 6) is 0.285. The molecule has 10 heteroatoms. The average Bonchev–Trinajstić information content (AvgIpc) is 3.58. The van der Waals surface area contributed by atoms with Gasteiger partial charge in [-0.1, -0.05) is 24.3 Å². The zero-order chi connectivity index (χ0) is 23.1. The Labute approximate surface area is 193 Å². The molecule has 34 heavy (non-hydrogen) atoms. The minimum Gasteiger partial charge on any atom is -0.356 e. The highest BCUT2D eigenvalue weighted by molar-refractivity contribution is 6.44. The zero-order valence-corrected chi connectivity index (χ0v) is 18.1. The van der Waals surface area contributed by atoms with Gasteiger partial charge in [-0.05, 0) is 17.5 Å². The van der Waals surface area contributed by atoms with Gasteiger partial charge in [0.15, 0.2) is 5.82 Å². The van der Waals surface area contributed by atoms with Crippen molar-refractivity contribution in [1.82, 2.24) is 34.6 Å². The van der Waals surface area contributed by atoms with Crippen LogP contribution in [0.4, 0.5) is 5.82 Å². The molecular formula is C24H20N8O2. The first-order valence-corrected chi connectivity index (χ1v) is 10.9. The Bertz CT molecular complexity index is 1510. The van der Waals surface area contributed by atoms with E-state index in [1.54, 1.807) is 34.2 Å². The lowest BCUT2D eigenvalue weighted by Gasteiger charge is -2.35. The molecule has 0 saturated carbocycles. The van der Waals surface area contributed by atoms with Gasteiger partial charge in [-0.2, -0.15) is 5.10 Å². The highest BCUT2D eigenvalue weighted by Gasteiger charge is 2.30. The number of pyridine rings is 1. The number of fused-ring (bicyclic) bond motifs is 2. The molecule has 1 saturated heterocycles. The van der Waals surface area contributed by atoms with Crippen molar-refractivity contribution < 1.29 is 9.59 Å². The molecule has 1 fully saturated rings. The minimum atomic E-state index is -0.590. The Morgan fingerprint density at radius 2 is 1.74 bits per heavy atom. The van der Waals surface area contributed by atoms with Crippen molar-refractivity contribution in [3.63, 3.8) is 0 Å². The SMILES string of the molecule is O=C(C(=O)N1CCN(c2nccc3ccccc23)CC1)c1c[nH]c2c(-n3cccn3)ncnc12. The summed E-state index contributed by atoms with van der Waals surface area (Å²) < 4.78 is 1.58. The maximum Gasteiger partial charge on any atom is 0.295 e. The van der Waals surface area contributed by atoms with Gasteiger partial charge in [-0.15, -0.1) is 0 Å². The first-order valence-electron chi connectivity index (χ1n) is 10.9. The van der Waals surface area contributed by atoms with Crippen LogP contribution in [0.5, 0.6) is 0 Å². The molecule has 0 radical (unpaired) electrons. The summed E-state index contributed by atoms with van der Waals surface area (Å²) in [7, 11) is 0. The number of carbonyl (C=O) groups is 2. The standard InChI is InChI=1S/C24H20N8O2/c33-21(18-14-26-20-19(18)27-15-28-23(20)32-9-3-7-29-32)24(34)31-12-10-30(11-13-31)22-17-5-2-1-4-16(17)6-8-25-22/h1-9,14-15,26H,10-13H2. The van der Waals surface area contributed by atoms with Crippen LogP contribution in [0.25, 0.3) is 27.6 Å². The van der Waals surface area contributed by atoms with Crippen LogP contribution in [-0.2, 0) is 4.79 Å². The molecule has 0 atom stereocenters. The first-order chi connectivity index (χ1) is 16.7. The van der Waals surface area contributed by atoms with E-state index in [1.807, 2.05) is 18.2 Å². The van der Waals surface area contributed by atoms with E-state index in [2.05, 4.69) is 42.1 Å². The van der Waals surface area contributed by atoms with Gasteiger partial charge >= 0.3 is 0 Å². The molecule has 1 amide bonds. The van der Waals surface area contributed by atoms with Crippen LogP contribution >= 0.6 is 0 Å². The second kappa shape index (κ2) is 8.07. The van der Waals surface area contributed by atoms with E-state index in [-0.39, 0.29) is 5.56 Å². The lowest BCUT2D eigenvalue weighted by Crippen LogP contribution is -2.50. The molecule has 0 aliphatic carbocycles. The zero-order valence-electron chi connectivity index (χ0n) is 18.1. The number of ketones is 1. The predicted molar refractivity (Wildman–Crippen MR) is 126 cm³/mol. The Hall–Kier alpha value is -4.60. The molecule has 1 aromatic carbocycles. The number of piperazine rings is 1. The number of amides is 1. The van der Waals surface area contributed by atoms with Gasteiger partial charge in [-0.3, -0.25) is 9.59 Å². The third kappa shape index (κ3) is 3.27. The van der Waals surface area contributed by atoms with E-state index in [0.717, 1.165) is 16.6 Å². The van der Waals surface area contributed by atoms with Gasteiger partial charge in [0.25, 0.3) is 11.7 Å². The van der Waals surface area contributed by atoms with Crippen LogP contribution in [0.3, 0.4) is 0 Å². The summed E-state index contributed by atoms with van der Waals surface area (Å²) in [4.78, 5) is 46.1. The van der Waals surface area contributed by atoms with Gasteiger partial charge in [0.1, 0.15) is 23.2 Å². The van der Waals surface area contributed by atoms with Crippen molar-refractivity contribution in [3.8, 4) is 5.82 Å². The number of aromatic nitrogens is 6. The van der Waals surface area contributed by atoms with E-state index in [1.165, 1.54) is 12.5 Å². The van der Waals surface area contributed by atoms with Crippen LogP contribution in [0.15, 0.2) is 67.5 Å². The molecule has 10 nitrogen and oxygen atoms in total. The Morgan fingerprint density at radius 3 is 2.56 bits per heavy atom. The lowest BCUT2D eigenvalue weighted by molar-refractivity contribution is -0.126. The molecule has 0 unspecified atom stereocenters. The molecular weight excluding hydrogens is 432 g/mol. The monoisotopic (exact) mass is 452 g/mol. The number of nitrogens with one attached hydrogen (secondary N) is 1. The molecule has 0 spiro atoms. The topological polar surface area (TPSA) is 113 Å². The van der Waals surface area contributed by atoms with E-state index < -0.39 is 11.7 Å². The van der Waals surface area contributed by atoms with E-state index >= 15 is 0 Å². The molecule has 1 aliphatic rings. The maximum atomic E-state index is 13.1. The highest BCUT2D eigenvalue weighted by Crippen LogP contribution is 2.26. The van der Waals surface area contributed by atoms with Gasteiger partial charge < -0.3 is 14.8 Å². The smallest absolute Gasteiger partial charge is 0.295 e. The normalized spacial score (nSPS) is 14.1. The van der Waals surface area contributed by atoms with Crippen LogP contribution in [0.1, 0.15) is 10.4 Å². The van der Waals surface area contributed by atoms with Gasteiger partial charge in [0.05, 0.1) is 5.56 Å². The second-order valence-electron chi connectivity index (χ2n) is 8.04. The van der Waals surface area contributed by atoms with Crippen molar-refractivity contribution >= 4 is 39.3 Å². The predicted octanol–water partition coefficient (Wildman–Crippen LogP) is 2.22. The molecule has 6 rings (SSSR count). The molecule has 4 aromatic heterocycles. The summed E-state index contributed by atoms with van der Waals surface area (Å²) >= 11 is 0. The fraction of sp³-hybridized carbons (Fsp3) is 0.167. The van der Waals surface area contributed by atoms with Gasteiger partial charge in [0.2, 0.25) is 0 Å². The average molecular weight is 452 g/mol. The van der Waals surface area contributed by atoms with Crippen molar-refractivity contribution in [2.24, 2.45) is 0 Å². The molecule has 1 N–H and O–H groups in total. The summed E-state index contributed by atoms with van der Waals surface area (Å²) in [6.45, 7) is 2.07. The molecule has 0 bridgehead atoms. The molecule has 5 aromatic rings. The minimum absolute atomic E-state index is 0.231. The van der Waals surface area contributed by atoms with Crippen LogP contribution < -0.4 is 4.90 Å². The maximum absolute atomic E-state index is 13.1. The fourth-order valence-electron chi connectivity index (χ4n) is 4.40. The van der Waals surface area contributed by atoms with E-state index in [4.69, 9.17) is 0 Å². The summed E-state index contributed by atoms with van der Waals surface area (Å²) in [5.41, 5.74) is 1.18. The number of Topliss-reactive ketones (excluding diaryl/α,β-unsaturated/α-hetero) is 1. The van der Waals surface area contributed by atoms with Crippen molar-refractivity contribution in [1.29, 1.82) is 0 Å². The van der Waals surface area contributed by atoms with E-state index in [9.17, 15) is 9.59 Å². The van der Waals surface area contributed by atoms with Crippen LogP contribution in [0.2, 0.25) is 0 Å². The number of benzene rings is 1. The summed E-state index contributed by atoms with van der Waals surface area (Å²) in [6, 6.07) is 11.9. The van der Waals surface area contributed by atoms with Gasteiger partial charge in [0, 0.05) is 56.4 Å². The number of anilines is 1. The second-order valence-corrected chi connectivity index (χ2v) is 8.04. The lowest BCUT2D eigenvalue weighted by atomic mass is 10.1. The number of hydrogen-bond acceptors (Lipinski definition) is 7. The number of rotatable bonds is 4. The largest absolute Gasteiger partial charge is 0.356 e. The van der Waals surface area contributed by atoms with Crippen LogP contribution in [0, 0.1) is 0 Å². The van der Waals surface area contributed by atoms with Crippen molar-refractivity contribution in [3.05, 3.63) is 73.1 Å². The Balaban J connectivity index is 1.21. The summed E-state index contributed by atoms with van der Waals surface area (Å²) in [6.07, 6.45) is 8.07. The Morgan fingerprint density at radius 1 is 0.882 bits per heavy atom. The highest BCUT2D eigenvalue weighted by atomic mass is 16.2. The Kier molecular flexibility index (Phi) is 4.76.